The Hall–Kier alpha value is -2.59. The number of carbonyl (C=O) groups is 1. The molecule has 0 radical (unpaired) electrons. The molecule has 1 saturated heterocycles. The number of aromatic nitrogens is 3. The summed E-state index contributed by atoms with van der Waals surface area (Å²) in [6.45, 7) is 2.57. The third-order valence-electron chi connectivity index (χ3n) is 4.04. The van der Waals surface area contributed by atoms with Crippen LogP contribution in [0.15, 0.2) is 18.3 Å². The van der Waals surface area contributed by atoms with Crippen LogP contribution in [0.3, 0.4) is 0 Å². The van der Waals surface area contributed by atoms with Crippen LogP contribution in [0, 0.1) is 18.3 Å². The molecule has 2 aromatic rings. The number of carbonyl (C=O) groups excluding carboxylic acids is 1. The average molecular weight is 299 g/mol. The predicted molar refractivity (Wildman–Crippen MR) is 78.0 cm³/mol. The van der Waals surface area contributed by atoms with E-state index in [9.17, 15) is 4.79 Å². The van der Waals surface area contributed by atoms with Gasteiger partial charge in [-0.2, -0.15) is 10.4 Å². The number of hydrogen-bond donors (Lipinski definition) is 2. The van der Waals surface area contributed by atoms with Gasteiger partial charge in [0, 0.05) is 24.9 Å². The smallest absolute Gasteiger partial charge is 0.268 e. The minimum atomic E-state index is -0.233. The van der Waals surface area contributed by atoms with Gasteiger partial charge in [-0.3, -0.25) is 9.48 Å². The van der Waals surface area contributed by atoms with Crippen LogP contribution in [0.25, 0.3) is 0 Å². The van der Waals surface area contributed by atoms with Gasteiger partial charge in [-0.1, -0.05) is 0 Å². The highest BCUT2D eigenvalue weighted by Crippen LogP contribution is 2.31. The summed E-state index contributed by atoms with van der Waals surface area (Å²) in [7, 11) is 1.88. The van der Waals surface area contributed by atoms with E-state index in [1.54, 1.807) is 23.0 Å². The number of amides is 1. The lowest BCUT2D eigenvalue weighted by Crippen LogP contribution is -2.37. The van der Waals surface area contributed by atoms with Crippen molar-refractivity contribution in [1.82, 2.24) is 20.1 Å². The van der Waals surface area contributed by atoms with Crippen LogP contribution in [-0.2, 0) is 11.8 Å². The molecule has 3 rings (SSSR count). The molecule has 7 heteroatoms. The minimum absolute atomic E-state index is 0.107. The van der Waals surface area contributed by atoms with Crippen molar-refractivity contribution >= 4 is 5.91 Å². The fourth-order valence-corrected chi connectivity index (χ4v) is 2.68. The van der Waals surface area contributed by atoms with Gasteiger partial charge in [0.1, 0.15) is 23.6 Å². The van der Waals surface area contributed by atoms with Gasteiger partial charge in [0.05, 0.1) is 12.2 Å². The predicted octanol–water partition coefficient (Wildman–Crippen LogP) is 1.19. The molecule has 1 fully saturated rings. The third-order valence-corrected chi connectivity index (χ3v) is 4.04. The molecule has 3 heterocycles. The van der Waals surface area contributed by atoms with E-state index in [1.165, 1.54) is 0 Å². The van der Waals surface area contributed by atoms with Crippen molar-refractivity contribution in [2.45, 2.75) is 25.5 Å². The van der Waals surface area contributed by atoms with E-state index >= 15 is 0 Å². The standard InChI is InChI=1S/C15H17N5O2/c1-9-11(8-17-20(9)2)14-12(5-6-22-14)19-15(21)13-4-3-10(7-16)18-13/h3-4,8,12,14,18H,5-6H2,1-2H3,(H,19,21)/t12-,14+/m0/s1. The topological polar surface area (TPSA) is 95.7 Å². The van der Waals surface area contributed by atoms with Crippen molar-refractivity contribution in [3.05, 3.63) is 41.0 Å². The lowest BCUT2D eigenvalue weighted by Gasteiger charge is -2.19. The first-order valence-corrected chi connectivity index (χ1v) is 7.10. The molecule has 0 saturated carbocycles. The summed E-state index contributed by atoms with van der Waals surface area (Å²) in [4.78, 5) is 15.0. The van der Waals surface area contributed by atoms with Crippen molar-refractivity contribution in [1.29, 1.82) is 5.26 Å². The van der Waals surface area contributed by atoms with Crippen molar-refractivity contribution < 1.29 is 9.53 Å². The van der Waals surface area contributed by atoms with Crippen LogP contribution in [0.4, 0.5) is 0 Å². The summed E-state index contributed by atoms with van der Waals surface area (Å²) in [6.07, 6.45) is 2.34. The summed E-state index contributed by atoms with van der Waals surface area (Å²) < 4.78 is 7.57. The van der Waals surface area contributed by atoms with E-state index < -0.39 is 0 Å². The maximum atomic E-state index is 12.3. The molecule has 0 aromatic carbocycles. The summed E-state index contributed by atoms with van der Waals surface area (Å²) in [6, 6.07) is 5.05. The maximum absolute atomic E-state index is 12.3. The molecule has 7 nitrogen and oxygen atoms in total. The highest BCUT2D eigenvalue weighted by molar-refractivity contribution is 5.92. The van der Waals surface area contributed by atoms with Crippen LogP contribution >= 0.6 is 0 Å². The molecule has 114 valence electrons. The van der Waals surface area contributed by atoms with Crippen molar-refractivity contribution in [2.75, 3.05) is 6.61 Å². The van der Waals surface area contributed by atoms with Gasteiger partial charge in [0.15, 0.2) is 0 Å². The quantitative estimate of drug-likeness (QED) is 0.889. The average Bonchev–Trinajstić information content (AvgIpc) is 3.21. The van der Waals surface area contributed by atoms with Gasteiger partial charge < -0.3 is 15.0 Å². The Morgan fingerprint density at radius 1 is 1.59 bits per heavy atom. The molecular formula is C15H17N5O2. The maximum Gasteiger partial charge on any atom is 0.268 e. The zero-order valence-electron chi connectivity index (χ0n) is 12.5. The van der Waals surface area contributed by atoms with E-state index in [1.807, 2.05) is 20.0 Å². The second kappa shape index (κ2) is 5.66. The van der Waals surface area contributed by atoms with E-state index in [0.29, 0.717) is 18.0 Å². The number of aryl methyl sites for hydroxylation is 1. The number of H-pyrrole nitrogens is 1. The molecule has 1 amide bonds. The number of nitrogens with one attached hydrogen (secondary N) is 2. The Balaban J connectivity index is 1.75. The van der Waals surface area contributed by atoms with Crippen LogP contribution in [0.2, 0.25) is 0 Å². The SMILES string of the molecule is Cc1c([C@H]2OCC[C@@H]2NC(=O)c2ccc(C#N)[nH]2)cnn1C. The monoisotopic (exact) mass is 299 g/mol. The number of nitrogens with zero attached hydrogens (tertiary/aromatic N) is 3. The third kappa shape index (κ3) is 2.49. The summed E-state index contributed by atoms with van der Waals surface area (Å²) in [5.41, 5.74) is 2.77. The Morgan fingerprint density at radius 3 is 3.05 bits per heavy atom. The number of rotatable bonds is 3. The molecule has 1 aliphatic heterocycles. The minimum Gasteiger partial charge on any atom is -0.371 e. The second-order valence-corrected chi connectivity index (χ2v) is 5.37. The Kier molecular flexibility index (Phi) is 3.69. The van der Waals surface area contributed by atoms with Crippen LogP contribution in [0.5, 0.6) is 0 Å². The van der Waals surface area contributed by atoms with E-state index in [0.717, 1.165) is 17.7 Å². The van der Waals surface area contributed by atoms with Gasteiger partial charge in [-0.25, -0.2) is 0 Å². The first kappa shape index (κ1) is 14.4. The van der Waals surface area contributed by atoms with Gasteiger partial charge in [0.2, 0.25) is 0 Å². The lowest BCUT2D eigenvalue weighted by atomic mass is 10.0. The number of aromatic amines is 1. The Bertz CT molecular complexity index is 739. The summed E-state index contributed by atoms with van der Waals surface area (Å²) >= 11 is 0. The van der Waals surface area contributed by atoms with E-state index in [4.69, 9.17) is 10.00 Å². The van der Waals surface area contributed by atoms with E-state index in [-0.39, 0.29) is 18.1 Å². The Labute approximate surface area is 127 Å². The largest absolute Gasteiger partial charge is 0.371 e. The zero-order valence-corrected chi connectivity index (χ0v) is 12.5. The fourth-order valence-electron chi connectivity index (χ4n) is 2.68. The molecule has 0 bridgehead atoms. The molecule has 0 aliphatic carbocycles. The van der Waals surface area contributed by atoms with Crippen molar-refractivity contribution in [3.8, 4) is 6.07 Å². The number of nitriles is 1. The molecule has 0 spiro atoms. The van der Waals surface area contributed by atoms with Crippen LogP contribution in [-0.4, -0.2) is 33.3 Å². The van der Waals surface area contributed by atoms with Gasteiger partial charge in [0.25, 0.3) is 5.91 Å². The molecule has 22 heavy (non-hydrogen) atoms. The molecule has 2 aromatic heterocycles. The molecule has 0 unspecified atom stereocenters. The van der Waals surface area contributed by atoms with E-state index in [2.05, 4.69) is 15.4 Å². The van der Waals surface area contributed by atoms with Crippen molar-refractivity contribution in [3.63, 3.8) is 0 Å². The van der Waals surface area contributed by atoms with Crippen LogP contribution in [0.1, 0.15) is 40.0 Å². The second-order valence-electron chi connectivity index (χ2n) is 5.37. The Morgan fingerprint density at radius 2 is 2.41 bits per heavy atom. The van der Waals surface area contributed by atoms with Crippen molar-refractivity contribution in [2.24, 2.45) is 7.05 Å². The fraction of sp³-hybridized carbons (Fsp3) is 0.400. The normalized spacial score (nSPS) is 20.8. The number of hydrogen-bond acceptors (Lipinski definition) is 4. The van der Waals surface area contributed by atoms with Gasteiger partial charge in [-0.15, -0.1) is 0 Å². The van der Waals surface area contributed by atoms with Gasteiger partial charge in [-0.05, 0) is 25.5 Å². The lowest BCUT2D eigenvalue weighted by molar-refractivity contribution is 0.0816. The van der Waals surface area contributed by atoms with Crippen LogP contribution < -0.4 is 5.32 Å². The first-order valence-electron chi connectivity index (χ1n) is 7.10. The summed E-state index contributed by atoms with van der Waals surface area (Å²) in [5.74, 6) is -0.233. The zero-order chi connectivity index (χ0) is 15.7. The molecule has 2 atom stereocenters. The summed E-state index contributed by atoms with van der Waals surface area (Å²) in [5, 5.41) is 16.0. The van der Waals surface area contributed by atoms with Gasteiger partial charge >= 0.3 is 0 Å². The highest BCUT2D eigenvalue weighted by atomic mass is 16.5. The molecule has 1 aliphatic rings. The first-order chi connectivity index (χ1) is 10.6. The molecule has 2 N–H and O–H groups in total. The highest BCUT2D eigenvalue weighted by Gasteiger charge is 2.33. The molecular weight excluding hydrogens is 282 g/mol. The number of ether oxygens (including phenoxy) is 1.